The monoisotopic (exact) mass is 428 g/mol. The van der Waals surface area contributed by atoms with Crippen molar-refractivity contribution in [2.45, 2.75) is 33.2 Å². The number of aromatic nitrogens is 3. The highest BCUT2D eigenvalue weighted by molar-refractivity contribution is 5.97. The number of nitrogens with zero attached hydrogens (tertiary/aromatic N) is 5. The molecule has 0 saturated carbocycles. The Bertz CT molecular complexity index is 1210. The Balaban J connectivity index is 1.31. The maximum atomic E-state index is 13.5. The summed E-state index contributed by atoms with van der Waals surface area (Å²) >= 11 is 0. The minimum Gasteiger partial charge on any atom is -0.361 e. The van der Waals surface area contributed by atoms with Crippen molar-refractivity contribution in [3.8, 4) is 0 Å². The van der Waals surface area contributed by atoms with E-state index in [0.717, 1.165) is 42.9 Å². The Morgan fingerprint density at radius 1 is 1.25 bits per heavy atom. The van der Waals surface area contributed by atoms with Crippen molar-refractivity contribution in [2.24, 2.45) is 10.4 Å². The molecule has 7 nitrogen and oxygen atoms in total. The van der Waals surface area contributed by atoms with Gasteiger partial charge in [-0.25, -0.2) is 9.97 Å². The molecule has 32 heavy (non-hydrogen) atoms. The zero-order chi connectivity index (χ0) is 22.1. The lowest BCUT2D eigenvalue weighted by atomic mass is 9.85. The molecule has 164 valence electrons. The fraction of sp³-hybridized carbons (Fsp3) is 0.360. The van der Waals surface area contributed by atoms with E-state index < -0.39 is 0 Å². The predicted octanol–water partition coefficient (Wildman–Crippen LogP) is 3.93. The van der Waals surface area contributed by atoms with Crippen molar-refractivity contribution in [1.82, 2.24) is 19.9 Å². The highest BCUT2D eigenvalue weighted by Crippen LogP contribution is 2.42. The van der Waals surface area contributed by atoms with E-state index in [9.17, 15) is 4.79 Å². The standard InChI is InChI=1S/C25H28N6O/c1-3-11-26-18(2)21-8-12-27-24(29-21)31-14-10-25(17-31)9-13-30(23(25)32)16-19-15-28-22-7-5-4-6-20(19)22/h3-8,11-12,15,28H,9-10,13-14,16-17H2,1-2H3/b11-3-,26-18?. The van der Waals surface area contributed by atoms with Gasteiger partial charge < -0.3 is 14.8 Å². The summed E-state index contributed by atoms with van der Waals surface area (Å²) < 4.78 is 0. The van der Waals surface area contributed by atoms with Crippen LogP contribution in [0.1, 0.15) is 37.9 Å². The molecule has 5 rings (SSSR count). The molecule has 2 aliphatic rings. The second-order valence-electron chi connectivity index (χ2n) is 8.73. The van der Waals surface area contributed by atoms with Crippen LogP contribution in [0.15, 0.2) is 60.0 Å². The summed E-state index contributed by atoms with van der Waals surface area (Å²) in [5.41, 5.74) is 3.61. The second-order valence-corrected chi connectivity index (χ2v) is 8.73. The molecule has 2 fully saturated rings. The maximum absolute atomic E-state index is 13.5. The lowest BCUT2D eigenvalue weighted by Gasteiger charge is -2.23. The van der Waals surface area contributed by atoms with E-state index in [4.69, 9.17) is 4.98 Å². The zero-order valence-electron chi connectivity index (χ0n) is 18.6. The van der Waals surface area contributed by atoms with Gasteiger partial charge in [-0.1, -0.05) is 24.3 Å². The van der Waals surface area contributed by atoms with Crippen LogP contribution in [-0.2, 0) is 11.3 Å². The lowest BCUT2D eigenvalue weighted by Crippen LogP contribution is -2.37. The largest absolute Gasteiger partial charge is 0.361 e. The summed E-state index contributed by atoms with van der Waals surface area (Å²) in [6.45, 7) is 6.79. The highest BCUT2D eigenvalue weighted by Gasteiger charge is 2.51. The summed E-state index contributed by atoms with van der Waals surface area (Å²) in [7, 11) is 0. The molecule has 0 radical (unpaired) electrons. The number of para-hydroxylation sites is 1. The number of nitrogens with one attached hydrogen (secondary N) is 1. The van der Waals surface area contributed by atoms with E-state index in [1.165, 1.54) is 10.9 Å². The van der Waals surface area contributed by atoms with Gasteiger partial charge in [-0.15, -0.1) is 0 Å². The van der Waals surface area contributed by atoms with E-state index in [0.29, 0.717) is 19.0 Å². The quantitative estimate of drug-likeness (QED) is 0.625. The molecule has 0 bridgehead atoms. The van der Waals surface area contributed by atoms with E-state index in [2.05, 4.69) is 32.0 Å². The third-order valence-electron chi connectivity index (χ3n) is 6.70. The average molecular weight is 429 g/mol. The van der Waals surface area contributed by atoms with Gasteiger partial charge >= 0.3 is 0 Å². The number of anilines is 1. The molecule has 4 heterocycles. The van der Waals surface area contributed by atoms with Crippen LogP contribution in [0.5, 0.6) is 0 Å². The van der Waals surface area contributed by atoms with Crippen molar-refractivity contribution in [1.29, 1.82) is 0 Å². The minimum atomic E-state index is -0.334. The second kappa shape index (κ2) is 8.22. The molecule has 1 amide bonds. The van der Waals surface area contributed by atoms with Crippen molar-refractivity contribution in [3.63, 3.8) is 0 Å². The molecule has 3 aromatic rings. The number of allylic oxidation sites excluding steroid dienone is 1. The third kappa shape index (κ3) is 3.57. The van der Waals surface area contributed by atoms with Crippen molar-refractivity contribution >= 4 is 28.5 Å². The van der Waals surface area contributed by atoms with E-state index in [1.807, 2.05) is 49.2 Å². The van der Waals surface area contributed by atoms with Gasteiger partial charge in [-0.05, 0) is 44.4 Å². The van der Waals surface area contributed by atoms with Gasteiger partial charge in [0.2, 0.25) is 11.9 Å². The fourth-order valence-electron chi connectivity index (χ4n) is 4.89. The molecular weight excluding hydrogens is 400 g/mol. The van der Waals surface area contributed by atoms with E-state index >= 15 is 0 Å². The van der Waals surface area contributed by atoms with Crippen LogP contribution in [0.3, 0.4) is 0 Å². The Morgan fingerprint density at radius 3 is 2.97 bits per heavy atom. The molecule has 1 unspecified atom stereocenters. The molecule has 1 N–H and O–H groups in total. The first-order valence-corrected chi connectivity index (χ1v) is 11.2. The van der Waals surface area contributed by atoms with Crippen LogP contribution in [0.25, 0.3) is 10.9 Å². The SMILES string of the molecule is C/C=C\N=C(C)c1ccnc(N2CCC3(CCN(Cc4c[nH]c5ccccc45)C3=O)C2)n1. The molecule has 2 aliphatic heterocycles. The summed E-state index contributed by atoms with van der Waals surface area (Å²) in [5, 5.41) is 1.19. The number of aliphatic imine (C=N–C) groups is 1. The van der Waals surface area contributed by atoms with Crippen molar-refractivity contribution in [2.75, 3.05) is 24.5 Å². The number of rotatable bonds is 5. The van der Waals surface area contributed by atoms with E-state index in [1.54, 1.807) is 12.4 Å². The first kappa shape index (κ1) is 20.4. The highest BCUT2D eigenvalue weighted by atomic mass is 16.2. The molecular formula is C25H28N6O. The summed E-state index contributed by atoms with van der Waals surface area (Å²) in [6.07, 6.45) is 9.19. The van der Waals surface area contributed by atoms with Gasteiger partial charge in [0.15, 0.2) is 0 Å². The normalized spacial score (nSPS) is 21.7. The van der Waals surface area contributed by atoms with Gasteiger partial charge in [0.25, 0.3) is 0 Å². The molecule has 7 heteroatoms. The first-order chi connectivity index (χ1) is 15.6. The summed E-state index contributed by atoms with van der Waals surface area (Å²) in [6, 6.07) is 10.1. The maximum Gasteiger partial charge on any atom is 0.231 e. The predicted molar refractivity (Wildman–Crippen MR) is 127 cm³/mol. The summed E-state index contributed by atoms with van der Waals surface area (Å²) in [5.74, 6) is 0.935. The van der Waals surface area contributed by atoms with Gasteiger partial charge in [-0.3, -0.25) is 9.79 Å². The smallest absolute Gasteiger partial charge is 0.231 e. The Labute approximate surface area is 187 Å². The van der Waals surface area contributed by atoms with Crippen LogP contribution in [0.2, 0.25) is 0 Å². The number of amides is 1. The third-order valence-corrected chi connectivity index (χ3v) is 6.70. The number of likely N-dealkylation sites (tertiary alicyclic amines) is 1. The topological polar surface area (TPSA) is 77.5 Å². The number of H-pyrrole nitrogens is 1. The van der Waals surface area contributed by atoms with Crippen molar-refractivity contribution < 1.29 is 4.79 Å². The lowest BCUT2D eigenvalue weighted by molar-refractivity contribution is -0.135. The van der Waals surface area contributed by atoms with Crippen molar-refractivity contribution in [3.05, 3.63) is 66.3 Å². The van der Waals surface area contributed by atoms with Crippen LogP contribution in [-0.4, -0.2) is 51.1 Å². The van der Waals surface area contributed by atoms with Crippen LogP contribution >= 0.6 is 0 Å². The van der Waals surface area contributed by atoms with Crippen LogP contribution < -0.4 is 4.90 Å². The van der Waals surface area contributed by atoms with E-state index in [-0.39, 0.29) is 11.3 Å². The number of carbonyl (C=O) groups is 1. The average Bonchev–Trinajstić information content (AvgIpc) is 3.52. The van der Waals surface area contributed by atoms with Gasteiger partial charge in [0.05, 0.1) is 16.8 Å². The Morgan fingerprint density at radius 2 is 2.09 bits per heavy atom. The van der Waals surface area contributed by atoms with Crippen LogP contribution in [0, 0.1) is 5.41 Å². The molecule has 2 saturated heterocycles. The molecule has 1 spiro atoms. The van der Waals surface area contributed by atoms with Gasteiger partial charge in [-0.2, -0.15) is 0 Å². The minimum absolute atomic E-state index is 0.257. The number of hydrogen-bond donors (Lipinski definition) is 1. The molecule has 2 aromatic heterocycles. The fourth-order valence-corrected chi connectivity index (χ4v) is 4.89. The summed E-state index contributed by atoms with van der Waals surface area (Å²) in [4.78, 5) is 34.6. The Kier molecular flexibility index (Phi) is 5.25. The molecule has 1 atom stereocenters. The molecule has 1 aromatic carbocycles. The molecule has 0 aliphatic carbocycles. The number of aromatic amines is 1. The number of fused-ring (bicyclic) bond motifs is 1. The van der Waals surface area contributed by atoms with Gasteiger partial charge in [0, 0.05) is 55.7 Å². The number of hydrogen-bond acceptors (Lipinski definition) is 5. The first-order valence-electron chi connectivity index (χ1n) is 11.2. The van der Waals surface area contributed by atoms with Gasteiger partial charge in [0.1, 0.15) is 0 Å². The number of carbonyl (C=O) groups excluding carboxylic acids is 1. The zero-order valence-corrected chi connectivity index (χ0v) is 18.6. The number of benzene rings is 1. The van der Waals surface area contributed by atoms with Crippen LogP contribution in [0.4, 0.5) is 5.95 Å². The Hall–Kier alpha value is -3.48.